The van der Waals surface area contributed by atoms with Crippen molar-refractivity contribution in [2.45, 2.75) is 39.0 Å². The molecule has 0 aliphatic carbocycles. The van der Waals surface area contributed by atoms with E-state index in [2.05, 4.69) is 30.1 Å². The number of hydrogen-bond acceptors (Lipinski definition) is 4. The number of nitrogens with zero attached hydrogens (tertiary/aromatic N) is 1. The molecule has 92 valence electrons. The molecule has 0 aliphatic rings. The highest BCUT2D eigenvalue weighted by atomic mass is 32.1. The molecule has 0 aliphatic heterocycles. The van der Waals surface area contributed by atoms with E-state index in [1.165, 1.54) is 0 Å². The molecule has 0 unspecified atom stereocenters. The van der Waals surface area contributed by atoms with Crippen molar-refractivity contribution in [2.75, 3.05) is 5.75 Å². The molecule has 0 aromatic heterocycles. The summed E-state index contributed by atoms with van der Waals surface area (Å²) < 4.78 is 0. The summed E-state index contributed by atoms with van der Waals surface area (Å²) >= 11 is 3.94. The first kappa shape index (κ1) is 15.2. The Kier molecular flexibility index (Phi) is 10.1. The molecule has 0 spiro atoms. The minimum absolute atomic E-state index is 0.111. The fourth-order valence-electron chi connectivity index (χ4n) is 1.20. The Morgan fingerprint density at radius 3 is 2.75 bits per heavy atom. The largest absolute Gasteiger partial charge is 0.303 e. The van der Waals surface area contributed by atoms with Crippen LogP contribution in [0.5, 0.6) is 0 Å². The Bertz CT molecular complexity index is 232. The summed E-state index contributed by atoms with van der Waals surface area (Å²) in [6.45, 7) is 2.11. The van der Waals surface area contributed by atoms with E-state index in [0.717, 1.165) is 25.5 Å². The lowest BCUT2D eigenvalue weighted by atomic mass is 10.0. The van der Waals surface area contributed by atoms with Crippen LogP contribution in [0.1, 0.15) is 39.0 Å². The fourth-order valence-corrected chi connectivity index (χ4v) is 1.40. The fraction of sp³-hybridized carbons (Fsp3) is 0.727. The number of carbonyl (C=O) groups is 2. The summed E-state index contributed by atoms with van der Waals surface area (Å²) in [7, 11) is 0. The van der Waals surface area contributed by atoms with Gasteiger partial charge in [-0.05, 0) is 30.9 Å². The summed E-state index contributed by atoms with van der Waals surface area (Å²) in [4.78, 5) is 21.1. The van der Waals surface area contributed by atoms with Crippen molar-refractivity contribution in [3.8, 4) is 0 Å². The number of carbonyl (C=O) groups excluding carboxylic acids is 2. The number of hydrazone groups is 1. The van der Waals surface area contributed by atoms with Gasteiger partial charge in [0.2, 0.25) is 5.91 Å². The SMILES string of the molecule is C[C@@H](CCC=O)CC/C=N/NC(=O)CCS. The molecule has 0 saturated heterocycles. The quantitative estimate of drug-likeness (QED) is 0.281. The van der Waals surface area contributed by atoms with Crippen molar-refractivity contribution >= 4 is 31.0 Å². The monoisotopic (exact) mass is 244 g/mol. The van der Waals surface area contributed by atoms with Crippen LogP contribution in [0.3, 0.4) is 0 Å². The number of thiol groups is 1. The minimum Gasteiger partial charge on any atom is -0.303 e. The zero-order chi connectivity index (χ0) is 12.2. The maximum Gasteiger partial charge on any atom is 0.240 e. The van der Waals surface area contributed by atoms with Crippen LogP contribution in [0, 0.1) is 5.92 Å². The summed E-state index contributed by atoms with van der Waals surface area (Å²) in [5.41, 5.74) is 2.43. The first-order valence-corrected chi connectivity index (χ1v) is 6.18. The van der Waals surface area contributed by atoms with Crippen LogP contribution in [-0.4, -0.2) is 24.2 Å². The third-order valence-corrected chi connectivity index (χ3v) is 2.41. The van der Waals surface area contributed by atoms with E-state index in [-0.39, 0.29) is 5.91 Å². The lowest BCUT2D eigenvalue weighted by molar-refractivity contribution is -0.120. The normalized spacial score (nSPS) is 12.6. The van der Waals surface area contributed by atoms with Crippen molar-refractivity contribution in [1.29, 1.82) is 0 Å². The lowest BCUT2D eigenvalue weighted by Crippen LogP contribution is -2.17. The molecule has 1 atom stereocenters. The molecule has 0 rings (SSSR count). The Balaban J connectivity index is 3.46. The first-order valence-electron chi connectivity index (χ1n) is 5.55. The van der Waals surface area contributed by atoms with E-state index in [0.29, 0.717) is 24.5 Å². The Labute approximate surface area is 102 Å². The predicted molar refractivity (Wildman–Crippen MR) is 68.8 cm³/mol. The standard InChI is InChI=1S/C11H20N2O2S/c1-10(5-3-8-14)4-2-7-12-13-11(15)6-9-16/h7-8,10,16H,2-6,9H2,1H3,(H,13,15)/b12-7+/t10-/m1/s1. The summed E-state index contributed by atoms with van der Waals surface area (Å²) in [6.07, 6.45) is 6.38. The Morgan fingerprint density at radius 1 is 1.44 bits per heavy atom. The molecule has 0 aromatic rings. The second-order valence-corrected chi connectivity index (χ2v) is 4.19. The third kappa shape index (κ3) is 9.71. The van der Waals surface area contributed by atoms with E-state index in [9.17, 15) is 9.59 Å². The van der Waals surface area contributed by atoms with E-state index >= 15 is 0 Å². The van der Waals surface area contributed by atoms with Gasteiger partial charge >= 0.3 is 0 Å². The molecule has 1 N–H and O–H groups in total. The Morgan fingerprint density at radius 2 is 2.12 bits per heavy atom. The third-order valence-electron chi connectivity index (χ3n) is 2.19. The number of rotatable bonds is 9. The van der Waals surface area contributed by atoms with Crippen molar-refractivity contribution in [3.05, 3.63) is 0 Å². The number of aldehydes is 1. The van der Waals surface area contributed by atoms with Crippen molar-refractivity contribution in [1.82, 2.24) is 5.43 Å². The summed E-state index contributed by atoms with van der Waals surface area (Å²) in [5, 5.41) is 3.81. The molecule has 0 radical (unpaired) electrons. The second kappa shape index (κ2) is 10.7. The molecule has 0 aromatic carbocycles. The zero-order valence-corrected chi connectivity index (χ0v) is 10.6. The topological polar surface area (TPSA) is 58.5 Å². The van der Waals surface area contributed by atoms with Crippen LogP contribution in [0.15, 0.2) is 5.10 Å². The van der Waals surface area contributed by atoms with Crippen LogP contribution in [-0.2, 0) is 9.59 Å². The minimum atomic E-state index is -0.111. The van der Waals surface area contributed by atoms with Crippen LogP contribution in [0.2, 0.25) is 0 Å². The van der Waals surface area contributed by atoms with Crippen LogP contribution < -0.4 is 5.43 Å². The van der Waals surface area contributed by atoms with Gasteiger partial charge in [0.25, 0.3) is 0 Å². The molecular formula is C11H20N2O2S. The van der Waals surface area contributed by atoms with Gasteiger partial charge < -0.3 is 4.79 Å². The van der Waals surface area contributed by atoms with Gasteiger partial charge in [0.15, 0.2) is 0 Å². The molecule has 1 amide bonds. The van der Waals surface area contributed by atoms with Gasteiger partial charge in [0, 0.05) is 19.1 Å². The van der Waals surface area contributed by atoms with Gasteiger partial charge in [-0.25, -0.2) is 5.43 Å². The summed E-state index contributed by atoms with van der Waals surface area (Å²) in [6, 6.07) is 0. The molecule has 0 bridgehead atoms. The number of nitrogens with one attached hydrogen (secondary N) is 1. The molecule has 4 nitrogen and oxygen atoms in total. The van der Waals surface area contributed by atoms with Gasteiger partial charge in [0.05, 0.1) is 0 Å². The van der Waals surface area contributed by atoms with Crippen LogP contribution in [0.25, 0.3) is 0 Å². The molecule has 0 saturated carbocycles. The maximum absolute atomic E-state index is 11.0. The number of amides is 1. The van der Waals surface area contributed by atoms with E-state index in [1.807, 2.05) is 0 Å². The van der Waals surface area contributed by atoms with Gasteiger partial charge in [-0.3, -0.25) is 4.79 Å². The lowest BCUT2D eigenvalue weighted by Gasteiger charge is -2.05. The highest BCUT2D eigenvalue weighted by Crippen LogP contribution is 2.10. The Hall–Kier alpha value is -0.840. The van der Waals surface area contributed by atoms with Crippen molar-refractivity contribution in [3.63, 3.8) is 0 Å². The average molecular weight is 244 g/mol. The number of hydrogen-bond donors (Lipinski definition) is 2. The predicted octanol–water partition coefficient (Wildman–Crippen LogP) is 1.80. The average Bonchev–Trinajstić information content (AvgIpc) is 2.26. The van der Waals surface area contributed by atoms with Crippen molar-refractivity contribution in [2.24, 2.45) is 11.0 Å². The van der Waals surface area contributed by atoms with E-state index in [4.69, 9.17) is 0 Å². The molecule has 0 heterocycles. The molecule has 16 heavy (non-hydrogen) atoms. The second-order valence-electron chi connectivity index (χ2n) is 3.75. The highest BCUT2D eigenvalue weighted by molar-refractivity contribution is 7.80. The van der Waals surface area contributed by atoms with Gasteiger partial charge in [-0.2, -0.15) is 17.7 Å². The van der Waals surface area contributed by atoms with Crippen molar-refractivity contribution < 1.29 is 9.59 Å². The van der Waals surface area contributed by atoms with Gasteiger partial charge in [-0.15, -0.1) is 0 Å². The first-order chi connectivity index (χ1) is 7.70. The molecule has 0 fully saturated rings. The highest BCUT2D eigenvalue weighted by Gasteiger charge is 2.00. The smallest absolute Gasteiger partial charge is 0.240 e. The molecular weight excluding hydrogens is 224 g/mol. The van der Waals surface area contributed by atoms with Crippen LogP contribution in [0.4, 0.5) is 0 Å². The molecule has 5 heteroatoms. The maximum atomic E-state index is 11.0. The van der Waals surface area contributed by atoms with Gasteiger partial charge in [-0.1, -0.05) is 6.92 Å². The van der Waals surface area contributed by atoms with E-state index < -0.39 is 0 Å². The summed E-state index contributed by atoms with van der Waals surface area (Å²) in [5.74, 6) is 0.939. The zero-order valence-electron chi connectivity index (χ0n) is 9.69. The van der Waals surface area contributed by atoms with Crippen LogP contribution >= 0.6 is 12.6 Å². The van der Waals surface area contributed by atoms with Gasteiger partial charge in [0.1, 0.15) is 6.29 Å². The van der Waals surface area contributed by atoms with E-state index in [1.54, 1.807) is 6.21 Å².